The molecule has 0 aromatic heterocycles. The highest BCUT2D eigenvalue weighted by molar-refractivity contribution is 5.89. The molecule has 0 atom stereocenters. The zero-order valence-electron chi connectivity index (χ0n) is 16.2. The van der Waals surface area contributed by atoms with E-state index in [2.05, 4.69) is 0 Å². The van der Waals surface area contributed by atoms with Crippen molar-refractivity contribution < 1.29 is 47.2 Å². The van der Waals surface area contributed by atoms with Gasteiger partial charge in [-0.1, -0.05) is 6.07 Å². The van der Waals surface area contributed by atoms with Crippen molar-refractivity contribution >= 4 is 18.0 Å². The molecule has 2 aliphatic rings. The molecule has 3 rings (SSSR count). The molecular formula is C19H21F3N2O7. The lowest BCUT2D eigenvalue weighted by molar-refractivity contribution is -0.137. The Morgan fingerprint density at radius 2 is 1.61 bits per heavy atom. The van der Waals surface area contributed by atoms with Gasteiger partial charge in [-0.2, -0.15) is 13.2 Å². The molecule has 0 saturated carbocycles. The number of rotatable bonds is 4. The van der Waals surface area contributed by atoms with E-state index < -0.39 is 23.7 Å². The molecule has 0 unspecified atom stereocenters. The lowest BCUT2D eigenvalue weighted by Crippen LogP contribution is -2.60. The van der Waals surface area contributed by atoms with Crippen LogP contribution in [-0.4, -0.2) is 83.5 Å². The number of alkyl halides is 3. The number of hydrogen-bond donors (Lipinski definition) is 2. The highest BCUT2D eigenvalue weighted by Crippen LogP contribution is 2.32. The fourth-order valence-electron chi connectivity index (χ4n) is 2.70. The topological polar surface area (TPSA) is 117 Å². The molecule has 0 radical (unpaired) electrons. The number of carbonyl (C=O) groups excluding carboxylic acids is 1. The minimum atomic E-state index is -4.39. The van der Waals surface area contributed by atoms with E-state index in [1.165, 1.54) is 12.1 Å². The molecule has 2 saturated heterocycles. The van der Waals surface area contributed by atoms with E-state index in [4.69, 9.17) is 19.7 Å². The summed E-state index contributed by atoms with van der Waals surface area (Å²) < 4.78 is 48.7. The molecule has 1 aromatic carbocycles. The number of aliphatic carboxylic acids is 2. The fraction of sp³-hybridized carbons (Fsp3) is 0.421. The molecule has 0 spiro atoms. The van der Waals surface area contributed by atoms with Gasteiger partial charge in [-0.3, -0.25) is 0 Å². The van der Waals surface area contributed by atoms with Gasteiger partial charge in [0.1, 0.15) is 11.9 Å². The van der Waals surface area contributed by atoms with E-state index in [1.54, 1.807) is 9.80 Å². The summed E-state index contributed by atoms with van der Waals surface area (Å²) in [4.78, 5) is 34.6. The Balaban J connectivity index is 0.000000366. The van der Waals surface area contributed by atoms with Gasteiger partial charge in [0.2, 0.25) is 0 Å². The van der Waals surface area contributed by atoms with Crippen molar-refractivity contribution in [2.75, 3.05) is 39.4 Å². The monoisotopic (exact) mass is 446 g/mol. The number of carboxylic acids is 2. The number of carboxylic acid groups (broad SMARTS) is 2. The van der Waals surface area contributed by atoms with E-state index in [9.17, 15) is 27.6 Å². The first-order valence-electron chi connectivity index (χ1n) is 9.15. The van der Waals surface area contributed by atoms with E-state index in [-0.39, 0.29) is 17.9 Å². The third-order valence-corrected chi connectivity index (χ3v) is 4.23. The predicted octanol–water partition coefficient (Wildman–Crippen LogP) is 1.93. The summed E-state index contributed by atoms with van der Waals surface area (Å²) in [5, 5.41) is 15.6. The van der Waals surface area contributed by atoms with Gasteiger partial charge in [0, 0.05) is 25.2 Å². The van der Waals surface area contributed by atoms with Crippen LogP contribution in [0.3, 0.4) is 0 Å². The van der Waals surface area contributed by atoms with Gasteiger partial charge in [-0.25, -0.2) is 14.4 Å². The molecule has 0 bridgehead atoms. The number of urea groups is 1. The quantitative estimate of drug-likeness (QED) is 0.679. The Kier molecular flexibility index (Phi) is 8.25. The van der Waals surface area contributed by atoms with Crippen LogP contribution in [-0.2, 0) is 20.5 Å². The summed E-state index contributed by atoms with van der Waals surface area (Å²) in [7, 11) is 0. The number of nitrogens with zero attached hydrogens (tertiary/aromatic N) is 2. The zero-order valence-corrected chi connectivity index (χ0v) is 16.2. The van der Waals surface area contributed by atoms with E-state index in [0.29, 0.717) is 51.5 Å². The second-order valence-electron chi connectivity index (χ2n) is 6.56. The summed E-state index contributed by atoms with van der Waals surface area (Å²) in [6, 6.07) is 4.71. The Hall–Kier alpha value is -3.28. The average molecular weight is 446 g/mol. The first kappa shape index (κ1) is 24.0. The molecule has 170 valence electrons. The van der Waals surface area contributed by atoms with Gasteiger partial charge in [0.05, 0.1) is 31.9 Å². The van der Waals surface area contributed by atoms with E-state index in [0.717, 1.165) is 12.1 Å². The van der Waals surface area contributed by atoms with Crippen molar-refractivity contribution in [2.24, 2.45) is 0 Å². The molecular weight excluding hydrogens is 425 g/mol. The van der Waals surface area contributed by atoms with Gasteiger partial charge < -0.3 is 29.5 Å². The normalized spacial score (nSPS) is 16.9. The lowest BCUT2D eigenvalue weighted by Gasteiger charge is -2.42. The number of benzene rings is 1. The van der Waals surface area contributed by atoms with Crippen molar-refractivity contribution in [3.05, 3.63) is 42.0 Å². The van der Waals surface area contributed by atoms with Gasteiger partial charge in [0.25, 0.3) is 0 Å². The number of amides is 2. The van der Waals surface area contributed by atoms with Crippen LogP contribution < -0.4 is 4.74 Å². The summed E-state index contributed by atoms with van der Waals surface area (Å²) >= 11 is 0. The van der Waals surface area contributed by atoms with Crippen LogP contribution in [0.5, 0.6) is 5.75 Å². The second kappa shape index (κ2) is 10.7. The summed E-state index contributed by atoms with van der Waals surface area (Å²) in [5.41, 5.74) is -0.740. The molecule has 12 heteroatoms. The smallest absolute Gasteiger partial charge is 0.416 e. The third kappa shape index (κ3) is 7.81. The number of morpholine rings is 1. The Labute approximate surface area is 175 Å². The van der Waals surface area contributed by atoms with Gasteiger partial charge >= 0.3 is 24.1 Å². The minimum Gasteiger partial charge on any atom is -0.487 e. The average Bonchev–Trinajstić information content (AvgIpc) is 2.69. The molecule has 1 aromatic rings. The van der Waals surface area contributed by atoms with Crippen molar-refractivity contribution in [3.63, 3.8) is 0 Å². The van der Waals surface area contributed by atoms with Crippen LogP contribution in [0.25, 0.3) is 0 Å². The summed E-state index contributed by atoms with van der Waals surface area (Å²) in [6.07, 6.45) is -3.55. The predicted molar refractivity (Wildman–Crippen MR) is 99.6 cm³/mol. The highest BCUT2D eigenvalue weighted by atomic mass is 19.4. The molecule has 2 heterocycles. The number of hydrogen-bond acceptors (Lipinski definition) is 5. The second-order valence-corrected chi connectivity index (χ2v) is 6.56. The van der Waals surface area contributed by atoms with Crippen molar-refractivity contribution in [2.45, 2.75) is 12.3 Å². The standard InChI is InChI=1S/C15H17F3N2O3.C4H4O4/c16-15(17,18)11-2-1-3-12(8-11)23-13-9-20(10-13)14(21)19-4-6-22-7-5-19;5-3(6)1-2-4(7)8/h1-3,8,13H,4-7,9-10H2;1-2H,(H,5,6)(H,7,8)/b;2-1+. The Morgan fingerprint density at radius 3 is 2.13 bits per heavy atom. The SMILES string of the molecule is O=C(N1CCOCC1)N1CC(Oc2cccc(C(F)(F)F)c2)C1.O=C(O)/C=C/C(=O)O. The molecule has 9 nitrogen and oxygen atoms in total. The lowest BCUT2D eigenvalue weighted by atomic mass is 10.1. The zero-order chi connectivity index (χ0) is 23.0. The number of halogens is 3. The van der Waals surface area contributed by atoms with Gasteiger partial charge in [0.15, 0.2) is 0 Å². The molecule has 2 N–H and O–H groups in total. The summed E-state index contributed by atoms with van der Waals surface area (Å²) in [6.45, 7) is 2.95. The van der Waals surface area contributed by atoms with Crippen LogP contribution in [0.2, 0.25) is 0 Å². The fourth-order valence-corrected chi connectivity index (χ4v) is 2.70. The Bertz CT molecular complexity index is 801. The van der Waals surface area contributed by atoms with Crippen LogP contribution in [0.15, 0.2) is 36.4 Å². The largest absolute Gasteiger partial charge is 0.487 e. The minimum absolute atomic E-state index is 0.0720. The van der Waals surface area contributed by atoms with Crippen molar-refractivity contribution in [1.29, 1.82) is 0 Å². The van der Waals surface area contributed by atoms with Crippen molar-refractivity contribution in [3.8, 4) is 5.75 Å². The first-order chi connectivity index (χ1) is 14.6. The third-order valence-electron chi connectivity index (χ3n) is 4.23. The number of likely N-dealkylation sites (tertiary alicyclic amines) is 1. The van der Waals surface area contributed by atoms with E-state index in [1.807, 2.05) is 0 Å². The molecule has 2 fully saturated rings. The first-order valence-corrected chi connectivity index (χ1v) is 9.15. The van der Waals surface area contributed by atoms with Crippen LogP contribution in [0.1, 0.15) is 5.56 Å². The molecule has 31 heavy (non-hydrogen) atoms. The van der Waals surface area contributed by atoms with Crippen LogP contribution >= 0.6 is 0 Å². The van der Waals surface area contributed by atoms with Crippen LogP contribution in [0, 0.1) is 0 Å². The van der Waals surface area contributed by atoms with E-state index >= 15 is 0 Å². The summed E-state index contributed by atoms with van der Waals surface area (Å²) in [5.74, 6) is -2.34. The van der Waals surface area contributed by atoms with Gasteiger partial charge in [-0.15, -0.1) is 0 Å². The number of carbonyl (C=O) groups is 3. The Morgan fingerprint density at radius 1 is 1.03 bits per heavy atom. The van der Waals surface area contributed by atoms with Gasteiger partial charge in [-0.05, 0) is 18.2 Å². The molecule has 2 amide bonds. The number of ether oxygens (including phenoxy) is 2. The van der Waals surface area contributed by atoms with Crippen molar-refractivity contribution in [1.82, 2.24) is 9.80 Å². The van der Waals surface area contributed by atoms with Crippen LogP contribution in [0.4, 0.5) is 18.0 Å². The highest BCUT2D eigenvalue weighted by Gasteiger charge is 2.36. The maximum absolute atomic E-state index is 12.7. The molecule has 2 aliphatic heterocycles. The molecule has 0 aliphatic carbocycles. The maximum Gasteiger partial charge on any atom is 0.416 e. The maximum atomic E-state index is 12.7.